The van der Waals surface area contributed by atoms with Crippen molar-refractivity contribution in [3.05, 3.63) is 34.9 Å². The summed E-state index contributed by atoms with van der Waals surface area (Å²) in [5.74, 6) is 0. The maximum absolute atomic E-state index is 6.23. The van der Waals surface area contributed by atoms with Crippen LogP contribution in [0.5, 0.6) is 0 Å². The van der Waals surface area contributed by atoms with E-state index in [1.165, 1.54) is 44.3 Å². The number of hydrogen-bond acceptors (Lipinski definition) is 4. The molecule has 148 valence electrons. The summed E-state index contributed by atoms with van der Waals surface area (Å²) in [4.78, 5) is 5.21. The highest BCUT2D eigenvalue weighted by Gasteiger charge is 2.38. The predicted octanol–water partition coefficient (Wildman–Crippen LogP) is 3.16. The van der Waals surface area contributed by atoms with Crippen LogP contribution in [0.4, 0.5) is 0 Å². The van der Waals surface area contributed by atoms with Gasteiger partial charge >= 0.3 is 0 Å². The molecule has 3 rings (SSSR count). The van der Waals surface area contributed by atoms with E-state index in [1.54, 1.807) is 7.11 Å². The first-order valence-corrected chi connectivity index (χ1v) is 9.96. The average molecular weight is 402 g/mol. The molecule has 0 unspecified atom stereocenters. The van der Waals surface area contributed by atoms with Gasteiger partial charge in [0.2, 0.25) is 0 Å². The van der Waals surface area contributed by atoms with Crippen molar-refractivity contribution in [2.75, 3.05) is 53.0 Å². The van der Waals surface area contributed by atoms with E-state index in [0.29, 0.717) is 12.6 Å². The van der Waals surface area contributed by atoms with Crippen molar-refractivity contribution in [1.82, 2.24) is 9.80 Å². The molecule has 2 fully saturated rings. The molecule has 0 bridgehead atoms. The Morgan fingerprint density at radius 3 is 2.46 bits per heavy atom. The van der Waals surface area contributed by atoms with Crippen molar-refractivity contribution in [3.63, 3.8) is 0 Å². The molecule has 1 aromatic rings. The zero-order valence-corrected chi connectivity index (χ0v) is 17.4. The Kier molecular flexibility index (Phi) is 8.65. The highest BCUT2D eigenvalue weighted by Crippen LogP contribution is 2.40. The molecule has 1 aromatic carbocycles. The third-order valence-corrected chi connectivity index (χ3v) is 6.51. The van der Waals surface area contributed by atoms with E-state index in [9.17, 15) is 0 Å². The van der Waals surface area contributed by atoms with Crippen molar-refractivity contribution in [1.29, 1.82) is 0 Å². The minimum atomic E-state index is 0. The van der Waals surface area contributed by atoms with Gasteiger partial charge in [0, 0.05) is 62.9 Å². The lowest BCUT2D eigenvalue weighted by Gasteiger charge is -2.46. The molecule has 1 saturated carbocycles. The van der Waals surface area contributed by atoms with Crippen molar-refractivity contribution in [2.45, 2.75) is 37.1 Å². The van der Waals surface area contributed by atoms with Gasteiger partial charge in [-0.3, -0.25) is 9.80 Å². The maximum Gasteiger partial charge on any atom is 0.0589 e. The summed E-state index contributed by atoms with van der Waals surface area (Å²) in [6.07, 6.45) is 4.81. The second-order valence-electron chi connectivity index (χ2n) is 7.60. The smallest absolute Gasteiger partial charge is 0.0589 e. The fourth-order valence-electron chi connectivity index (χ4n) is 4.52. The van der Waals surface area contributed by atoms with E-state index in [1.807, 2.05) is 6.07 Å². The number of methoxy groups -OCH3 is 1. The third-order valence-electron chi connectivity index (χ3n) is 6.27. The maximum atomic E-state index is 6.23. The van der Waals surface area contributed by atoms with Gasteiger partial charge in [-0.1, -0.05) is 23.7 Å². The first-order valence-electron chi connectivity index (χ1n) is 9.58. The number of rotatable bonds is 6. The summed E-state index contributed by atoms with van der Waals surface area (Å²) in [6.45, 7) is 7.29. The van der Waals surface area contributed by atoms with Gasteiger partial charge in [0.15, 0.2) is 0 Å². The van der Waals surface area contributed by atoms with Crippen LogP contribution in [0.15, 0.2) is 24.3 Å². The van der Waals surface area contributed by atoms with Gasteiger partial charge in [-0.25, -0.2) is 0 Å². The lowest BCUT2D eigenvalue weighted by atomic mass is 9.68. The largest absolute Gasteiger partial charge is 0.383 e. The highest BCUT2D eigenvalue weighted by atomic mass is 35.5. The molecule has 26 heavy (non-hydrogen) atoms. The molecule has 0 radical (unpaired) electrons. The zero-order chi connectivity index (χ0) is 17.7. The van der Waals surface area contributed by atoms with Crippen molar-refractivity contribution in [3.8, 4) is 0 Å². The topological polar surface area (TPSA) is 41.7 Å². The number of nitrogens with zero attached hydrogens (tertiary/aromatic N) is 2. The fourth-order valence-corrected chi connectivity index (χ4v) is 4.71. The Bertz CT molecular complexity index is 542. The molecule has 1 saturated heterocycles. The number of nitrogens with two attached hydrogens (primary N) is 1. The first kappa shape index (κ1) is 21.9. The Hall–Kier alpha value is -0.360. The van der Waals surface area contributed by atoms with E-state index in [2.05, 4.69) is 28.0 Å². The van der Waals surface area contributed by atoms with Gasteiger partial charge in [-0.05, 0) is 43.4 Å². The molecular weight excluding hydrogens is 369 g/mol. The lowest BCUT2D eigenvalue weighted by Crippen LogP contribution is -2.53. The molecular formula is C20H33Cl2N3O. The van der Waals surface area contributed by atoms with Crippen molar-refractivity contribution < 1.29 is 4.74 Å². The summed E-state index contributed by atoms with van der Waals surface area (Å²) >= 11 is 6.22. The van der Waals surface area contributed by atoms with Gasteiger partial charge in [0.1, 0.15) is 0 Å². The Balaban J connectivity index is 0.00000243. The van der Waals surface area contributed by atoms with E-state index < -0.39 is 0 Å². The standard InChI is InChI=1S/C20H32ClN3O.ClH/c1-25-14-13-23-9-11-24(12-10-23)19-5-7-20(16-22,8-6-19)17-3-2-4-18(21)15-17;/h2-4,15,19H,5-14,16,22H2,1H3;1H. The van der Waals surface area contributed by atoms with Crippen LogP contribution in [-0.4, -0.2) is 68.8 Å². The number of ether oxygens (including phenoxy) is 1. The number of benzene rings is 1. The van der Waals surface area contributed by atoms with Crippen LogP contribution in [0.3, 0.4) is 0 Å². The van der Waals surface area contributed by atoms with Gasteiger partial charge in [0.05, 0.1) is 6.61 Å². The van der Waals surface area contributed by atoms with Crippen LogP contribution in [0.25, 0.3) is 0 Å². The Morgan fingerprint density at radius 2 is 1.88 bits per heavy atom. The number of piperazine rings is 1. The monoisotopic (exact) mass is 401 g/mol. The zero-order valence-electron chi connectivity index (χ0n) is 15.8. The number of hydrogen-bond donors (Lipinski definition) is 1. The second kappa shape index (κ2) is 10.3. The summed E-state index contributed by atoms with van der Waals surface area (Å²) in [5, 5.41) is 0.819. The van der Waals surface area contributed by atoms with Gasteiger partial charge in [-0.15, -0.1) is 12.4 Å². The molecule has 1 aliphatic carbocycles. The van der Waals surface area contributed by atoms with Crippen molar-refractivity contribution in [2.24, 2.45) is 5.73 Å². The van der Waals surface area contributed by atoms with Crippen LogP contribution in [-0.2, 0) is 10.2 Å². The minimum Gasteiger partial charge on any atom is -0.383 e. The molecule has 6 heteroatoms. The summed E-state index contributed by atoms with van der Waals surface area (Å²) in [7, 11) is 1.78. The number of halogens is 2. The predicted molar refractivity (Wildman–Crippen MR) is 112 cm³/mol. The van der Waals surface area contributed by atoms with Gasteiger partial charge < -0.3 is 10.5 Å². The fraction of sp³-hybridized carbons (Fsp3) is 0.700. The van der Waals surface area contributed by atoms with E-state index in [4.69, 9.17) is 22.1 Å². The molecule has 0 atom stereocenters. The molecule has 1 heterocycles. The SMILES string of the molecule is COCCN1CCN(C2CCC(CN)(c3cccc(Cl)c3)CC2)CC1.Cl. The van der Waals surface area contributed by atoms with Gasteiger partial charge in [-0.2, -0.15) is 0 Å². The molecule has 2 N–H and O–H groups in total. The van der Waals surface area contributed by atoms with Crippen LogP contribution in [0.1, 0.15) is 31.2 Å². The van der Waals surface area contributed by atoms with E-state index in [0.717, 1.165) is 31.3 Å². The third kappa shape index (κ3) is 5.12. The van der Waals surface area contributed by atoms with E-state index in [-0.39, 0.29) is 17.8 Å². The van der Waals surface area contributed by atoms with Gasteiger partial charge in [0.25, 0.3) is 0 Å². The molecule has 0 aromatic heterocycles. The quantitative estimate of drug-likeness (QED) is 0.794. The van der Waals surface area contributed by atoms with E-state index >= 15 is 0 Å². The Labute approximate surface area is 169 Å². The molecule has 0 spiro atoms. The normalized spacial score (nSPS) is 27.9. The summed E-state index contributed by atoms with van der Waals surface area (Å²) in [6, 6.07) is 9.03. The Morgan fingerprint density at radius 1 is 1.19 bits per heavy atom. The summed E-state index contributed by atoms with van der Waals surface area (Å²) in [5.41, 5.74) is 7.67. The first-order chi connectivity index (χ1) is 12.2. The molecule has 4 nitrogen and oxygen atoms in total. The molecule has 1 aliphatic heterocycles. The average Bonchev–Trinajstić information content (AvgIpc) is 2.67. The highest BCUT2D eigenvalue weighted by molar-refractivity contribution is 6.30. The molecule has 2 aliphatic rings. The lowest BCUT2D eigenvalue weighted by molar-refractivity contribution is 0.0536. The molecule has 0 amide bonds. The minimum absolute atomic E-state index is 0. The van der Waals surface area contributed by atoms with Crippen LogP contribution in [0, 0.1) is 0 Å². The summed E-state index contributed by atoms with van der Waals surface area (Å²) < 4.78 is 5.20. The van der Waals surface area contributed by atoms with Crippen molar-refractivity contribution >= 4 is 24.0 Å². The van der Waals surface area contributed by atoms with Crippen LogP contribution in [0.2, 0.25) is 5.02 Å². The second-order valence-corrected chi connectivity index (χ2v) is 8.03. The van der Waals surface area contributed by atoms with Crippen LogP contribution < -0.4 is 5.73 Å². The van der Waals surface area contributed by atoms with Crippen LogP contribution >= 0.6 is 24.0 Å².